The number of benzene rings is 2. The monoisotopic (exact) mass is 288 g/mol. The highest BCUT2D eigenvalue weighted by atomic mass is 16.1. The molecule has 3 aromatic rings. The van der Waals surface area contributed by atoms with Crippen molar-refractivity contribution in [3.8, 4) is 11.3 Å². The highest BCUT2D eigenvalue weighted by Gasteiger charge is 2.17. The number of carbonyl (C=O) groups is 1. The van der Waals surface area contributed by atoms with Crippen LogP contribution < -0.4 is 4.57 Å². The summed E-state index contributed by atoms with van der Waals surface area (Å²) in [6, 6.07) is 23.8. The predicted octanol–water partition coefficient (Wildman–Crippen LogP) is 3.83. The molecular weight excluding hydrogens is 270 g/mol. The first-order chi connectivity index (χ1) is 10.7. The van der Waals surface area contributed by atoms with Gasteiger partial charge in [-0.2, -0.15) is 4.57 Å². The van der Waals surface area contributed by atoms with Crippen LogP contribution in [0, 0.1) is 6.92 Å². The quantitative estimate of drug-likeness (QED) is 0.528. The molecule has 0 aliphatic rings. The number of rotatable bonds is 4. The largest absolute Gasteiger partial charge is 0.287 e. The number of hydrogen-bond donors (Lipinski definition) is 0. The third-order valence-electron chi connectivity index (χ3n) is 3.70. The normalized spacial score (nSPS) is 10.4. The van der Waals surface area contributed by atoms with E-state index in [4.69, 9.17) is 0 Å². The first-order valence-electron chi connectivity index (χ1n) is 7.38. The van der Waals surface area contributed by atoms with Gasteiger partial charge in [-0.25, -0.2) is 0 Å². The molecule has 2 heteroatoms. The molecule has 2 nitrogen and oxygen atoms in total. The lowest BCUT2D eigenvalue weighted by molar-refractivity contribution is -0.672. The maximum atomic E-state index is 12.4. The van der Waals surface area contributed by atoms with Crippen molar-refractivity contribution in [3.05, 3.63) is 90.1 Å². The van der Waals surface area contributed by atoms with Crippen LogP contribution in [0.15, 0.2) is 79.0 Å². The minimum absolute atomic E-state index is 0.116. The Morgan fingerprint density at radius 2 is 1.55 bits per heavy atom. The fraction of sp³-hybridized carbons (Fsp3) is 0.100. The van der Waals surface area contributed by atoms with Gasteiger partial charge in [0.1, 0.15) is 0 Å². The summed E-state index contributed by atoms with van der Waals surface area (Å²) in [6.45, 7) is 2.41. The van der Waals surface area contributed by atoms with E-state index in [1.54, 1.807) is 0 Å². The maximum Gasteiger partial charge on any atom is 0.227 e. The van der Waals surface area contributed by atoms with Gasteiger partial charge in [0.15, 0.2) is 6.20 Å². The van der Waals surface area contributed by atoms with Crippen LogP contribution in [0.4, 0.5) is 0 Å². The fourth-order valence-electron chi connectivity index (χ4n) is 2.47. The SMILES string of the molecule is Cc1ccc(-c2cccc[n+]2CC(=O)c2ccccc2)cc1. The molecule has 0 spiro atoms. The number of pyridine rings is 1. The summed E-state index contributed by atoms with van der Waals surface area (Å²) in [5, 5.41) is 0. The second-order valence-electron chi connectivity index (χ2n) is 5.37. The number of carbonyl (C=O) groups excluding carboxylic acids is 1. The van der Waals surface area contributed by atoms with Gasteiger partial charge in [-0.15, -0.1) is 0 Å². The van der Waals surface area contributed by atoms with Crippen molar-refractivity contribution >= 4 is 5.78 Å². The van der Waals surface area contributed by atoms with Gasteiger partial charge < -0.3 is 0 Å². The maximum absolute atomic E-state index is 12.4. The lowest BCUT2D eigenvalue weighted by atomic mass is 10.1. The second kappa shape index (κ2) is 6.35. The number of Topliss-reactive ketones (excluding diaryl/α,β-unsaturated/α-hetero) is 1. The van der Waals surface area contributed by atoms with Crippen molar-refractivity contribution in [3.63, 3.8) is 0 Å². The summed E-state index contributed by atoms with van der Waals surface area (Å²) in [5.41, 5.74) is 4.14. The van der Waals surface area contributed by atoms with Crippen molar-refractivity contribution < 1.29 is 9.36 Å². The molecule has 0 saturated carbocycles. The Morgan fingerprint density at radius 3 is 2.27 bits per heavy atom. The molecule has 2 aromatic carbocycles. The Kier molecular flexibility index (Phi) is 4.10. The number of ketones is 1. The molecule has 0 unspecified atom stereocenters. The van der Waals surface area contributed by atoms with Crippen molar-refractivity contribution in [1.29, 1.82) is 0 Å². The van der Waals surface area contributed by atoms with Crippen molar-refractivity contribution in [1.82, 2.24) is 0 Å². The fourth-order valence-corrected chi connectivity index (χ4v) is 2.47. The van der Waals surface area contributed by atoms with Gasteiger partial charge in [-0.1, -0.05) is 48.0 Å². The smallest absolute Gasteiger partial charge is 0.227 e. The molecule has 22 heavy (non-hydrogen) atoms. The molecule has 0 radical (unpaired) electrons. The topological polar surface area (TPSA) is 20.9 Å². The van der Waals surface area contributed by atoms with Crippen LogP contribution in [0.1, 0.15) is 15.9 Å². The number of hydrogen-bond acceptors (Lipinski definition) is 1. The van der Waals surface area contributed by atoms with Gasteiger partial charge in [0.2, 0.25) is 18.0 Å². The Bertz CT molecular complexity index is 776. The van der Waals surface area contributed by atoms with E-state index in [2.05, 4.69) is 31.2 Å². The predicted molar refractivity (Wildman–Crippen MR) is 87.6 cm³/mol. The summed E-state index contributed by atoms with van der Waals surface area (Å²) in [7, 11) is 0. The molecule has 0 bridgehead atoms. The zero-order valence-electron chi connectivity index (χ0n) is 12.6. The molecule has 1 aromatic heterocycles. The van der Waals surface area contributed by atoms with E-state index in [0.717, 1.165) is 16.8 Å². The first-order valence-corrected chi connectivity index (χ1v) is 7.38. The summed E-state index contributed by atoms with van der Waals surface area (Å²) in [5.74, 6) is 0.116. The molecule has 108 valence electrons. The average Bonchev–Trinajstić information content (AvgIpc) is 2.57. The van der Waals surface area contributed by atoms with E-state index < -0.39 is 0 Å². The van der Waals surface area contributed by atoms with Crippen LogP contribution >= 0.6 is 0 Å². The molecule has 1 heterocycles. The van der Waals surface area contributed by atoms with Crippen LogP contribution in [0.2, 0.25) is 0 Å². The van der Waals surface area contributed by atoms with Gasteiger partial charge >= 0.3 is 0 Å². The van der Waals surface area contributed by atoms with Crippen LogP contribution in [0.25, 0.3) is 11.3 Å². The molecule has 0 aliphatic carbocycles. The van der Waals surface area contributed by atoms with Crippen molar-refractivity contribution in [2.75, 3.05) is 0 Å². The summed E-state index contributed by atoms with van der Waals surface area (Å²) < 4.78 is 2.00. The van der Waals surface area contributed by atoms with Crippen LogP contribution in [0.3, 0.4) is 0 Å². The number of aryl methyl sites for hydroxylation is 1. The van der Waals surface area contributed by atoms with Crippen molar-refractivity contribution in [2.24, 2.45) is 0 Å². The van der Waals surface area contributed by atoms with Gasteiger partial charge in [0, 0.05) is 23.3 Å². The lowest BCUT2D eigenvalue weighted by Gasteiger charge is -2.04. The number of aromatic nitrogens is 1. The average molecular weight is 288 g/mol. The Hall–Kier alpha value is -2.74. The molecule has 0 aliphatic heterocycles. The van der Waals surface area contributed by atoms with E-state index in [-0.39, 0.29) is 5.78 Å². The minimum atomic E-state index is 0.116. The zero-order chi connectivity index (χ0) is 15.4. The molecular formula is C20H18NO+. The standard InChI is InChI=1S/C20H18NO/c1-16-10-12-17(13-11-16)19-9-5-6-14-21(19)15-20(22)18-7-3-2-4-8-18/h2-14H,15H2,1H3/q+1. The molecule has 0 saturated heterocycles. The van der Waals surface area contributed by atoms with Crippen LogP contribution in [-0.4, -0.2) is 5.78 Å². The zero-order valence-corrected chi connectivity index (χ0v) is 12.6. The third kappa shape index (κ3) is 3.12. The molecule has 0 atom stereocenters. The van der Waals surface area contributed by atoms with Gasteiger partial charge in [0.05, 0.1) is 0 Å². The summed E-state index contributed by atoms with van der Waals surface area (Å²) in [4.78, 5) is 12.4. The Labute approximate surface area is 130 Å². The van der Waals surface area contributed by atoms with Crippen LogP contribution in [-0.2, 0) is 6.54 Å². The van der Waals surface area contributed by atoms with Crippen LogP contribution in [0.5, 0.6) is 0 Å². The van der Waals surface area contributed by atoms with Gasteiger partial charge in [-0.05, 0) is 25.1 Å². The Balaban J connectivity index is 1.92. The van der Waals surface area contributed by atoms with E-state index >= 15 is 0 Å². The summed E-state index contributed by atoms with van der Waals surface area (Å²) >= 11 is 0. The molecule has 0 N–H and O–H groups in total. The number of nitrogens with zero attached hydrogens (tertiary/aromatic N) is 1. The van der Waals surface area contributed by atoms with Crippen molar-refractivity contribution in [2.45, 2.75) is 13.5 Å². The third-order valence-corrected chi connectivity index (χ3v) is 3.70. The minimum Gasteiger partial charge on any atom is -0.287 e. The molecule has 0 fully saturated rings. The molecule has 0 amide bonds. The lowest BCUT2D eigenvalue weighted by Crippen LogP contribution is -2.39. The van der Waals surface area contributed by atoms with E-state index in [9.17, 15) is 4.79 Å². The van der Waals surface area contributed by atoms with Gasteiger partial charge in [-0.3, -0.25) is 4.79 Å². The van der Waals surface area contributed by atoms with E-state index in [1.165, 1.54) is 5.56 Å². The van der Waals surface area contributed by atoms with E-state index in [0.29, 0.717) is 6.54 Å². The second-order valence-corrected chi connectivity index (χ2v) is 5.37. The first kappa shape index (κ1) is 14.2. The highest BCUT2D eigenvalue weighted by Crippen LogP contribution is 2.16. The Morgan fingerprint density at radius 1 is 0.864 bits per heavy atom. The van der Waals surface area contributed by atoms with Gasteiger partial charge in [0.25, 0.3) is 0 Å². The van der Waals surface area contributed by atoms with E-state index in [1.807, 2.05) is 59.3 Å². The highest BCUT2D eigenvalue weighted by molar-refractivity contribution is 5.95. The summed E-state index contributed by atoms with van der Waals surface area (Å²) in [6.07, 6.45) is 1.95. The molecule has 3 rings (SSSR count).